The predicted molar refractivity (Wildman–Crippen MR) is 88.9 cm³/mol. The maximum atomic E-state index is 6.15. The minimum absolute atomic E-state index is 0.722. The lowest BCUT2D eigenvalue weighted by Gasteiger charge is -1.95. The van der Waals surface area contributed by atoms with Gasteiger partial charge < -0.3 is 4.98 Å². The highest BCUT2D eigenvalue weighted by Gasteiger charge is 2.11. The van der Waals surface area contributed by atoms with Gasteiger partial charge in [-0.25, -0.2) is 4.98 Å². The molecular formula is C17H13ClN4. The van der Waals surface area contributed by atoms with Gasteiger partial charge in [-0.2, -0.15) is 5.10 Å². The third kappa shape index (κ3) is 2.18. The normalized spacial score (nSPS) is 11.2. The molecule has 22 heavy (non-hydrogen) atoms. The zero-order chi connectivity index (χ0) is 15.1. The molecule has 2 aromatic heterocycles. The van der Waals surface area contributed by atoms with E-state index < -0.39 is 0 Å². The van der Waals surface area contributed by atoms with Crippen molar-refractivity contribution >= 4 is 22.6 Å². The van der Waals surface area contributed by atoms with Gasteiger partial charge in [0.2, 0.25) is 0 Å². The summed E-state index contributed by atoms with van der Waals surface area (Å²) in [4.78, 5) is 7.88. The summed E-state index contributed by atoms with van der Waals surface area (Å²) in [7, 11) is 0. The van der Waals surface area contributed by atoms with Crippen molar-refractivity contribution in [3.8, 4) is 22.8 Å². The predicted octanol–water partition coefficient (Wildman–Crippen LogP) is 4.58. The first-order chi connectivity index (χ1) is 10.7. The van der Waals surface area contributed by atoms with Gasteiger partial charge in [0, 0.05) is 10.6 Å². The molecule has 0 saturated heterocycles. The third-order valence-corrected chi connectivity index (χ3v) is 4.07. The van der Waals surface area contributed by atoms with Crippen molar-refractivity contribution in [1.29, 1.82) is 0 Å². The number of aryl methyl sites for hydroxylation is 1. The summed E-state index contributed by atoms with van der Waals surface area (Å²) in [5.41, 5.74) is 5.65. The molecule has 0 fully saturated rings. The molecule has 0 unspecified atom stereocenters. The van der Waals surface area contributed by atoms with Crippen LogP contribution in [0.15, 0.2) is 48.5 Å². The van der Waals surface area contributed by atoms with Crippen LogP contribution in [0.1, 0.15) is 5.56 Å². The van der Waals surface area contributed by atoms with Crippen molar-refractivity contribution in [3.05, 3.63) is 59.1 Å². The van der Waals surface area contributed by atoms with E-state index in [4.69, 9.17) is 11.6 Å². The van der Waals surface area contributed by atoms with Crippen LogP contribution in [-0.2, 0) is 0 Å². The van der Waals surface area contributed by atoms with Gasteiger partial charge in [-0.3, -0.25) is 5.10 Å². The first kappa shape index (κ1) is 13.1. The highest BCUT2D eigenvalue weighted by atomic mass is 35.5. The Bertz CT molecular complexity index is 914. The van der Waals surface area contributed by atoms with Crippen molar-refractivity contribution < 1.29 is 0 Å². The van der Waals surface area contributed by atoms with E-state index in [0.29, 0.717) is 0 Å². The molecule has 2 heterocycles. The average Bonchev–Trinajstić information content (AvgIpc) is 3.15. The van der Waals surface area contributed by atoms with E-state index in [1.807, 2.05) is 55.5 Å². The SMILES string of the molecule is Cc1cc2[nH]c(-c3cc(-c4ccccc4)n[nH]3)nc2cc1Cl. The fraction of sp³-hybridized carbons (Fsp3) is 0.0588. The van der Waals surface area contributed by atoms with E-state index in [0.717, 1.165) is 44.4 Å². The maximum absolute atomic E-state index is 6.15. The Morgan fingerprint density at radius 1 is 1.05 bits per heavy atom. The summed E-state index contributed by atoms with van der Waals surface area (Å²) in [5, 5.41) is 8.11. The number of nitrogens with zero attached hydrogens (tertiary/aromatic N) is 2. The second-order valence-electron chi connectivity index (χ2n) is 5.24. The Kier molecular flexibility index (Phi) is 2.98. The van der Waals surface area contributed by atoms with Crippen LogP contribution in [0.3, 0.4) is 0 Å². The highest BCUT2D eigenvalue weighted by molar-refractivity contribution is 6.32. The lowest BCUT2D eigenvalue weighted by molar-refractivity contribution is 1.09. The molecule has 4 aromatic rings. The zero-order valence-corrected chi connectivity index (χ0v) is 12.6. The fourth-order valence-electron chi connectivity index (χ4n) is 2.47. The van der Waals surface area contributed by atoms with Gasteiger partial charge in [0.15, 0.2) is 5.82 Å². The van der Waals surface area contributed by atoms with Crippen LogP contribution in [0.5, 0.6) is 0 Å². The molecule has 4 nitrogen and oxygen atoms in total. The fourth-order valence-corrected chi connectivity index (χ4v) is 2.62. The second kappa shape index (κ2) is 5.00. The van der Waals surface area contributed by atoms with Gasteiger partial charge in [0.05, 0.1) is 16.7 Å². The summed E-state index contributed by atoms with van der Waals surface area (Å²) in [6.07, 6.45) is 0. The Morgan fingerprint density at radius 3 is 2.68 bits per heavy atom. The summed E-state index contributed by atoms with van der Waals surface area (Å²) < 4.78 is 0. The molecule has 2 N–H and O–H groups in total. The first-order valence-electron chi connectivity index (χ1n) is 6.98. The van der Waals surface area contributed by atoms with E-state index in [1.54, 1.807) is 0 Å². The summed E-state index contributed by atoms with van der Waals surface area (Å²) >= 11 is 6.15. The van der Waals surface area contributed by atoms with Gasteiger partial charge in [0.1, 0.15) is 5.69 Å². The van der Waals surface area contributed by atoms with Crippen molar-refractivity contribution in [2.24, 2.45) is 0 Å². The Morgan fingerprint density at radius 2 is 1.86 bits per heavy atom. The standard InChI is InChI=1S/C17H13ClN4/c1-10-7-14-15(8-12(10)18)20-17(19-14)16-9-13(21-22-16)11-5-3-2-4-6-11/h2-9H,1H3,(H,19,20)(H,21,22). The number of aromatic amines is 2. The number of H-pyrrole nitrogens is 2. The molecule has 0 spiro atoms. The Balaban J connectivity index is 1.78. The molecule has 0 radical (unpaired) electrons. The van der Waals surface area contributed by atoms with Crippen molar-refractivity contribution in [3.63, 3.8) is 0 Å². The van der Waals surface area contributed by atoms with Crippen LogP contribution in [-0.4, -0.2) is 20.2 Å². The average molecular weight is 309 g/mol. The molecule has 0 aliphatic carbocycles. The monoisotopic (exact) mass is 308 g/mol. The van der Waals surface area contributed by atoms with Crippen LogP contribution in [0.2, 0.25) is 5.02 Å². The molecule has 4 rings (SSSR count). The van der Waals surface area contributed by atoms with Crippen molar-refractivity contribution in [2.45, 2.75) is 6.92 Å². The summed E-state index contributed by atoms with van der Waals surface area (Å²) in [5.74, 6) is 0.756. The van der Waals surface area contributed by atoms with Crippen molar-refractivity contribution in [1.82, 2.24) is 20.2 Å². The number of aromatic nitrogens is 4. The molecule has 0 aliphatic heterocycles. The third-order valence-electron chi connectivity index (χ3n) is 3.66. The molecule has 0 bridgehead atoms. The summed E-state index contributed by atoms with van der Waals surface area (Å²) in [6.45, 7) is 1.98. The van der Waals surface area contributed by atoms with Gasteiger partial charge in [-0.15, -0.1) is 0 Å². The van der Waals surface area contributed by atoms with Gasteiger partial charge in [-0.1, -0.05) is 41.9 Å². The van der Waals surface area contributed by atoms with E-state index >= 15 is 0 Å². The van der Waals surface area contributed by atoms with Gasteiger partial charge >= 0.3 is 0 Å². The first-order valence-corrected chi connectivity index (χ1v) is 7.35. The summed E-state index contributed by atoms with van der Waals surface area (Å²) in [6, 6.07) is 15.9. The lowest BCUT2D eigenvalue weighted by atomic mass is 10.1. The van der Waals surface area contributed by atoms with Crippen LogP contribution in [0.25, 0.3) is 33.8 Å². The quantitative estimate of drug-likeness (QED) is 0.569. The molecule has 5 heteroatoms. The topological polar surface area (TPSA) is 57.4 Å². The number of benzene rings is 2. The largest absolute Gasteiger partial charge is 0.337 e. The van der Waals surface area contributed by atoms with Gasteiger partial charge in [0.25, 0.3) is 0 Å². The van der Waals surface area contributed by atoms with E-state index in [2.05, 4.69) is 20.2 Å². The van der Waals surface area contributed by atoms with E-state index in [9.17, 15) is 0 Å². The van der Waals surface area contributed by atoms with Crippen LogP contribution < -0.4 is 0 Å². The molecule has 108 valence electrons. The minimum atomic E-state index is 0.722. The van der Waals surface area contributed by atoms with E-state index in [-0.39, 0.29) is 0 Å². The smallest absolute Gasteiger partial charge is 0.156 e. The molecule has 0 aliphatic rings. The van der Waals surface area contributed by atoms with Crippen LogP contribution >= 0.6 is 11.6 Å². The number of rotatable bonds is 2. The lowest BCUT2D eigenvalue weighted by Crippen LogP contribution is -1.79. The van der Waals surface area contributed by atoms with E-state index in [1.165, 1.54) is 0 Å². The number of fused-ring (bicyclic) bond motifs is 1. The molecule has 0 saturated carbocycles. The molecule has 0 amide bonds. The van der Waals surface area contributed by atoms with Crippen LogP contribution in [0, 0.1) is 6.92 Å². The molecule has 0 atom stereocenters. The van der Waals surface area contributed by atoms with Crippen molar-refractivity contribution in [2.75, 3.05) is 0 Å². The maximum Gasteiger partial charge on any atom is 0.156 e. The Labute approximate surface area is 132 Å². The minimum Gasteiger partial charge on any atom is -0.337 e. The number of imidazole rings is 1. The molecular weight excluding hydrogens is 296 g/mol. The molecule has 2 aromatic carbocycles. The van der Waals surface area contributed by atoms with Crippen LogP contribution in [0.4, 0.5) is 0 Å². The number of halogens is 1. The van der Waals surface area contributed by atoms with Gasteiger partial charge in [-0.05, 0) is 30.7 Å². The second-order valence-corrected chi connectivity index (χ2v) is 5.64. The zero-order valence-electron chi connectivity index (χ0n) is 11.9. The number of hydrogen-bond donors (Lipinski definition) is 2. The Hall–Kier alpha value is -2.59. The number of nitrogens with one attached hydrogen (secondary N) is 2. The highest BCUT2D eigenvalue weighted by Crippen LogP contribution is 2.26. The number of hydrogen-bond acceptors (Lipinski definition) is 2.